The quantitative estimate of drug-likeness (QED) is 0.390. The second kappa shape index (κ2) is 3.59. The zero-order chi connectivity index (χ0) is 10.3. The number of rotatable bonds is 2. The molecule has 0 radical (unpaired) electrons. The maximum absolute atomic E-state index is 9.66. The molecule has 7 heteroatoms. The summed E-state index contributed by atoms with van der Waals surface area (Å²) in [6.45, 7) is -0.467. The lowest BCUT2D eigenvalue weighted by molar-refractivity contribution is -0.0846. The first-order valence-electron chi connectivity index (χ1n) is 4.23. The van der Waals surface area contributed by atoms with Gasteiger partial charge < -0.3 is 30.1 Å². The monoisotopic (exact) mass is 221 g/mol. The molecular weight excluding hydrogens is 210 g/mol. The third-order valence-corrected chi connectivity index (χ3v) is 2.56. The molecule has 2 saturated heterocycles. The average Bonchev–Trinajstić information content (AvgIpc) is 2.64. The van der Waals surface area contributed by atoms with Gasteiger partial charge in [-0.15, -0.1) is 0 Å². The Hall–Kier alpha value is -0.470. The smallest absolute Gasteiger partial charge is 0.259 e. The van der Waals surface area contributed by atoms with Crippen LogP contribution in [0.25, 0.3) is 0 Å². The maximum Gasteiger partial charge on any atom is 0.259 e. The molecule has 4 N–H and O–H groups in total. The van der Waals surface area contributed by atoms with E-state index in [2.05, 4.69) is 5.32 Å². The third-order valence-electron chi connectivity index (χ3n) is 2.34. The third kappa shape index (κ3) is 1.47. The Morgan fingerprint density at radius 2 is 2.29 bits per heavy atom. The molecule has 0 aromatic carbocycles. The van der Waals surface area contributed by atoms with Crippen LogP contribution in [0.5, 0.6) is 0 Å². The van der Waals surface area contributed by atoms with E-state index in [0.29, 0.717) is 0 Å². The summed E-state index contributed by atoms with van der Waals surface area (Å²) in [5.41, 5.74) is 0. The Morgan fingerprint density at radius 3 is 2.86 bits per heavy atom. The summed E-state index contributed by atoms with van der Waals surface area (Å²) >= 11 is 4.72. The summed E-state index contributed by atoms with van der Waals surface area (Å²) in [6, 6.07) is 0. The molecule has 0 aromatic heterocycles. The lowest BCUT2D eigenvalue weighted by Crippen LogP contribution is -2.41. The van der Waals surface area contributed by atoms with Crippen molar-refractivity contribution in [2.24, 2.45) is 0 Å². The number of ether oxygens (including phenoxy) is 2. The second-order valence-electron chi connectivity index (χ2n) is 3.28. The van der Waals surface area contributed by atoms with Gasteiger partial charge in [-0.3, -0.25) is 0 Å². The van der Waals surface area contributed by atoms with Gasteiger partial charge in [0.15, 0.2) is 12.3 Å². The molecule has 2 heterocycles. The molecule has 0 amide bonds. The van der Waals surface area contributed by atoms with Gasteiger partial charge in [0.1, 0.15) is 18.3 Å². The molecule has 2 rings (SSSR count). The topological polar surface area (TPSA) is 91.2 Å². The summed E-state index contributed by atoms with van der Waals surface area (Å²) in [6.07, 6.45) is -4.09. The summed E-state index contributed by atoms with van der Waals surface area (Å²) < 4.78 is 10.3. The van der Waals surface area contributed by atoms with Crippen LogP contribution < -0.4 is 5.32 Å². The lowest BCUT2D eigenvalue weighted by Gasteiger charge is -2.20. The Kier molecular flexibility index (Phi) is 2.58. The first-order chi connectivity index (χ1) is 6.63. The highest BCUT2D eigenvalue weighted by atomic mass is 32.1. The first kappa shape index (κ1) is 10.1. The van der Waals surface area contributed by atoms with E-state index >= 15 is 0 Å². The van der Waals surface area contributed by atoms with Gasteiger partial charge >= 0.3 is 0 Å². The zero-order valence-electron chi connectivity index (χ0n) is 7.16. The van der Waals surface area contributed by atoms with Crippen LogP contribution in [0.15, 0.2) is 0 Å². The van der Waals surface area contributed by atoms with Crippen LogP contribution in [0.3, 0.4) is 0 Å². The second-order valence-corrected chi connectivity index (χ2v) is 3.65. The van der Waals surface area contributed by atoms with E-state index in [4.69, 9.17) is 26.8 Å². The fourth-order valence-electron chi connectivity index (χ4n) is 1.64. The number of fused-ring (bicyclic) bond motifs is 1. The summed E-state index contributed by atoms with van der Waals surface area (Å²) in [5, 5.41) is 30.5. The van der Waals surface area contributed by atoms with Crippen LogP contribution in [0.4, 0.5) is 0 Å². The molecule has 2 aliphatic rings. The van der Waals surface area contributed by atoms with E-state index in [1.807, 2.05) is 0 Å². The molecule has 0 saturated carbocycles. The first-order valence-corrected chi connectivity index (χ1v) is 4.64. The van der Waals surface area contributed by atoms with E-state index in [9.17, 15) is 10.2 Å². The molecule has 6 nitrogen and oxygen atoms in total. The fraction of sp³-hybridized carbons (Fsp3) is 0.857. The van der Waals surface area contributed by atoms with Gasteiger partial charge in [-0.05, 0) is 12.2 Å². The predicted molar refractivity (Wildman–Crippen MR) is 48.4 cm³/mol. The van der Waals surface area contributed by atoms with Gasteiger partial charge in [0, 0.05) is 0 Å². The molecular formula is C7H11NO5S. The zero-order valence-corrected chi connectivity index (χ0v) is 7.98. The molecule has 5 atom stereocenters. The largest absolute Gasteiger partial charge is 0.460 e. The van der Waals surface area contributed by atoms with Gasteiger partial charge in [0.25, 0.3) is 5.17 Å². The fourth-order valence-corrected chi connectivity index (χ4v) is 1.86. The molecule has 0 spiro atoms. The number of aliphatic hydroxyl groups excluding tert-OH is 3. The van der Waals surface area contributed by atoms with Crippen molar-refractivity contribution in [2.75, 3.05) is 6.61 Å². The van der Waals surface area contributed by atoms with E-state index in [1.54, 1.807) is 0 Å². The van der Waals surface area contributed by atoms with Gasteiger partial charge in [-0.25, -0.2) is 0 Å². The SMILES string of the molecule is OC[C@@H](O)[C@H]1O[C@H]2NC(=S)O[C@@H]2[C@H]1O. The average molecular weight is 221 g/mol. The van der Waals surface area contributed by atoms with Crippen molar-refractivity contribution in [1.82, 2.24) is 5.32 Å². The van der Waals surface area contributed by atoms with E-state index in [-0.39, 0.29) is 5.17 Å². The van der Waals surface area contributed by atoms with Gasteiger partial charge in [0.05, 0.1) is 6.61 Å². The Bertz CT molecular complexity index is 250. The Labute approximate surface area is 85.4 Å². The number of aliphatic hydroxyl groups is 3. The van der Waals surface area contributed by atoms with Crippen LogP contribution in [0.1, 0.15) is 0 Å². The molecule has 0 bridgehead atoms. The minimum absolute atomic E-state index is 0.177. The Balaban J connectivity index is 2.05. The number of thiocarbonyl (C=S) groups is 1. The van der Waals surface area contributed by atoms with Crippen molar-refractivity contribution in [3.63, 3.8) is 0 Å². The highest BCUT2D eigenvalue weighted by Crippen LogP contribution is 2.28. The summed E-state index contributed by atoms with van der Waals surface area (Å²) in [5.74, 6) is 0. The van der Waals surface area contributed by atoms with Crippen molar-refractivity contribution < 1.29 is 24.8 Å². The van der Waals surface area contributed by atoms with Crippen molar-refractivity contribution in [2.45, 2.75) is 30.6 Å². The molecule has 2 fully saturated rings. The van der Waals surface area contributed by atoms with E-state index in [0.717, 1.165) is 0 Å². The van der Waals surface area contributed by atoms with Crippen molar-refractivity contribution in [3.05, 3.63) is 0 Å². The van der Waals surface area contributed by atoms with Crippen LogP contribution in [-0.2, 0) is 9.47 Å². The van der Waals surface area contributed by atoms with Crippen LogP contribution in [0, 0.1) is 0 Å². The number of hydrogen-bond acceptors (Lipinski definition) is 6. The summed E-state index contributed by atoms with van der Waals surface area (Å²) in [4.78, 5) is 0. The van der Waals surface area contributed by atoms with Crippen LogP contribution >= 0.6 is 12.2 Å². The minimum Gasteiger partial charge on any atom is -0.460 e. The molecule has 0 aromatic rings. The van der Waals surface area contributed by atoms with Crippen molar-refractivity contribution in [1.29, 1.82) is 0 Å². The molecule has 14 heavy (non-hydrogen) atoms. The van der Waals surface area contributed by atoms with Gasteiger partial charge in [-0.1, -0.05) is 0 Å². The number of hydrogen-bond donors (Lipinski definition) is 4. The molecule has 80 valence electrons. The van der Waals surface area contributed by atoms with Gasteiger partial charge in [0.2, 0.25) is 0 Å². The predicted octanol–water partition coefficient (Wildman–Crippen LogP) is -2.30. The number of nitrogens with one attached hydrogen (secondary N) is 1. The normalized spacial score (nSPS) is 42.9. The highest BCUT2D eigenvalue weighted by molar-refractivity contribution is 7.80. The summed E-state index contributed by atoms with van der Waals surface area (Å²) in [7, 11) is 0. The maximum atomic E-state index is 9.66. The molecule has 0 unspecified atom stereocenters. The molecule has 2 aliphatic heterocycles. The van der Waals surface area contributed by atoms with Gasteiger partial charge in [-0.2, -0.15) is 0 Å². The van der Waals surface area contributed by atoms with Crippen molar-refractivity contribution >= 4 is 17.4 Å². The van der Waals surface area contributed by atoms with E-state index in [1.165, 1.54) is 0 Å². The van der Waals surface area contributed by atoms with Crippen LogP contribution in [-0.4, -0.2) is 57.7 Å². The Morgan fingerprint density at radius 1 is 1.57 bits per heavy atom. The standard InChI is InChI=1S/C7H11NO5S/c9-1-2(10)4-3(11)5-6(12-4)8-7(14)13-5/h2-6,9-11H,1H2,(H,8,14)/t2-,3+,4-,5-,6-/m1/s1. The van der Waals surface area contributed by atoms with E-state index < -0.39 is 37.3 Å². The van der Waals surface area contributed by atoms with Crippen LogP contribution in [0.2, 0.25) is 0 Å². The van der Waals surface area contributed by atoms with Crippen molar-refractivity contribution in [3.8, 4) is 0 Å². The lowest BCUT2D eigenvalue weighted by atomic mass is 10.1. The molecule has 0 aliphatic carbocycles. The highest BCUT2D eigenvalue weighted by Gasteiger charge is 2.51. The minimum atomic E-state index is -1.12.